The Morgan fingerprint density at radius 1 is 1.26 bits per heavy atom. The van der Waals surface area contributed by atoms with Crippen molar-refractivity contribution in [2.45, 2.75) is 19.8 Å². The number of nitrogens with zero attached hydrogens (tertiary/aromatic N) is 6. The van der Waals surface area contributed by atoms with Gasteiger partial charge in [0.05, 0.1) is 11.6 Å². The molecular weight excluding hydrogens is 292 g/mol. The molecule has 2 heterocycles. The van der Waals surface area contributed by atoms with Crippen LogP contribution < -0.4 is 4.90 Å². The Kier molecular flexibility index (Phi) is 4.27. The summed E-state index contributed by atoms with van der Waals surface area (Å²) in [6.45, 7) is 3.57. The molecule has 1 aromatic carbocycles. The molecule has 1 aliphatic rings. The van der Waals surface area contributed by atoms with Gasteiger partial charge < -0.3 is 9.80 Å². The first kappa shape index (κ1) is 15.5. The Balaban J connectivity index is 1.84. The third-order valence-corrected chi connectivity index (χ3v) is 4.23. The lowest BCUT2D eigenvalue weighted by Gasteiger charge is -2.33. The molecule has 0 radical (unpaired) electrons. The molecule has 0 N–H and O–H groups in total. The summed E-state index contributed by atoms with van der Waals surface area (Å²) in [7, 11) is 3.61. The van der Waals surface area contributed by atoms with E-state index in [-0.39, 0.29) is 11.8 Å². The molecule has 0 bridgehead atoms. The van der Waals surface area contributed by atoms with Crippen LogP contribution in [0, 0.1) is 12.8 Å². The van der Waals surface area contributed by atoms with Crippen LogP contribution in [0.1, 0.15) is 18.4 Å². The molecule has 7 nitrogen and oxygen atoms in total. The summed E-state index contributed by atoms with van der Waals surface area (Å²) in [4.78, 5) is 16.0. The van der Waals surface area contributed by atoms with Gasteiger partial charge >= 0.3 is 0 Å². The number of aromatic nitrogens is 4. The van der Waals surface area contributed by atoms with Crippen molar-refractivity contribution in [1.82, 2.24) is 25.1 Å². The van der Waals surface area contributed by atoms with Gasteiger partial charge in [0.1, 0.15) is 0 Å². The van der Waals surface area contributed by atoms with Gasteiger partial charge in [-0.05, 0) is 42.3 Å². The minimum Gasteiger partial charge on any atom is -0.349 e. The van der Waals surface area contributed by atoms with Gasteiger partial charge in [0.25, 0.3) is 0 Å². The monoisotopic (exact) mass is 314 g/mol. The fraction of sp³-hybridized carbons (Fsp3) is 0.500. The van der Waals surface area contributed by atoms with E-state index >= 15 is 0 Å². The number of amides is 1. The normalized spacial score (nSPS) is 18.0. The van der Waals surface area contributed by atoms with E-state index in [1.165, 1.54) is 5.56 Å². The second kappa shape index (κ2) is 6.36. The maximum atomic E-state index is 12.2. The van der Waals surface area contributed by atoms with Crippen LogP contribution in [0.15, 0.2) is 24.3 Å². The molecule has 1 saturated heterocycles. The largest absolute Gasteiger partial charge is 0.349 e. The summed E-state index contributed by atoms with van der Waals surface area (Å²) in [5.41, 5.74) is 2.12. The van der Waals surface area contributed by atoms with E-state index in [0.717, 1.165) is 25.1 Å². The molecule has 1 aromatic heterocycles. The van der Waals surface area contributed by atoms with Crippen molar-refractivity contribution in [3.8, 4) is 5.69 Å². The molecule has 1 aliphatic heterocycles. The van der Waals surface area contributed by atoms with Crippen LogP contribution in [0.5, 0.6) is 0 Å². The van der Waals surface area contributed by atoms with Crippen molar-refractivity contribution in [2.24, 2.45) is 5.92 Å². The number of tetrazole rings is 1. The molecule has 1 fully saturated rings. The van der Waals surface area contributed by atoms with Gasteiger partial charge in [-0.25, -0.2) is 0 Å². The summed E-state index contributed by atoms with van der Waals surface area (Å²) >= 11 is 0. The lowest BCUT2D eigenvalue weighted by molar-refractivity contribution is -0.133. The standard InChI is InChI=1S/C16H22N6O/c1-12-6-8-14(9-7-12)22-16(17-18-19-22)21-10-4-5-13(11-21)15(23)20(2)3/h6-9,13H,4-5,10-11H2,1-3H3. The number of carbonyl (C=O) groups excluding carboxylic acids is 1. The highest BCUT2D eigenvalue weighted by Gasteiger charge is 2.29. The highest BCUT2D eigenvalue weighted by atomic mass is 16.2. The summed E-state index contributed by atoms with van der Waals surface area (Å²) in [5, 5.41) is 12.1. The maximum Gasteiger partial charge on any atom is 0.250 e. The molecule has 1 amide bonds. The third kappa shape index (κ3) is 3.18. The van der Waals surface area contributed by atoms with Gasteiger partial charge in [-0.1, -0.05) is 22.8 Å². The van der Waals surface area contributed by atoms with Crippen LogP contribution >= 0.6 is 0 Å². The Labute approximate surface area is 135 Å². The van der Waals surface area contributed by atoms with E-state index in [1.54, 1.807) is 23.7 Å². The molecule has 3 rings (SSSR count). The highest BCUT2D eigenvalue weighted by molar-refractivity contribution is 5.79. The zero-order chi connectivity index (χ0) is 16.4. The summed E-state index contributed by atoms with van der Waals surface area (Å²) in [6, 6.07) is 8.08. The molecule has 0 spiro atoms. The predicted molar refractivity (Wildman–Crippen MR) is 87.5 cm³/mol. The highest BCUT2D eigenvalue weighted by Crippen LogP contribution is 2.24. The average molecular weight is 314 g/mol. The smallest absolute Gasteiger partial charge is 0.250 e. The van der Waals surface area contributed by atoms with Crippen molar-refractivity contribution >= 4 is 11.9 Å². The van der Waals surface area contributed by atoms with Gasteiger partial charge in [0.15, 0.2) is 0 Å². The third-order valence-electron chi connectivity index (χ3n) is 4.23. The maximum absolute atomic E-state index is 12.2. The lowest BCUT2D eigenvalue weighted by atomic mass is 9.97. The van der Waals surface area contributed by atoms with Gasteiger partial charge in [-0.2, -0.15) is 4.68 Å². The van der Waals surface area contributed by atoms with E-state index < -0.39 is 0 Å². The fourth-order valence-electron chi connectivity index (χ4n) is 2.96. The van der Waals surface area contributed by atoms with Crippen molar-refractivity contribution in [2.75, 3.05) is 32.1 Å². The van der Waals surface area contributed by atoms with Gasteiger partial charge in [-0.3, -0.25) is 4.79 Å². The number of anilines is 1. The van der Waals surface area contributed by atoms with Crippen LogP contribution in [0.3, 0.4) is 0 Å². The first-order valence-corrected chi connectivity index (χ1v) is 7.88. The number of hydrogen-bond acceptors (Lipinski definition) is 5. The molecule has 7 heteroatoms. The van der Waals surface area contributed by atoms with Crippen LogP contribution in [0.25, 0.3) is 5.69 Å². The van der Waals surface area contributed by atoms with Crippen LogP contribution in [-0.2, 0) is 4.79 Å². The molecule has 0 aliphatic carbocycles. The molecule has 23 heavy (non-hydrogen) atoms. The zero-order valence-electron chi connectivity index (χ0n) is 13.8. The van der Waals surface area contributed by atoms with Crippen LogP contribution in [0.4, 0.5) is 5.95 Å². The van der Waals surface area contributed by atoms with E-state index in [9.17, 15) is 4.79 Å². The Morgan fingerprint density at radius 3 is 2.70 bits per heavy atom. The fourth-order valence-corrected chi connectivity index (χ4v) is 2.96. The van der Waals surface area contributed by atoms with E-state index in [0.29, 0.717) is 12.5 Å². The minimum atomic E-state index is 0.00178. The topological polar surface area (TPSA) is 67.2 Å². The number of carbonyl (C=O) groups is 1. The quantitative estimate of drug-likeness (QED) is 0.853. The van der Waals surface area contributed by atoms with Crippen LogP contribution in [0.2, 0.25) is 0 Å². The Bertz CT molecular complexity index is 678. The first-order chi connectivity index (χ1) is 11.1. The SMILES string of the molecule is Cc1ccc(-n2nnnc2N2CCCC(C(=O)N(C)C)C2)cc1. The van der Waals surface area contributed by atoms with Gasteiger partial charge in [0, 0.05) is 27.2 Å². The van der Waals surface area contributed by atoms with Crippen molar-refractivity contribution in [3.05, 3.63) is 29.8 Å². The molecule has 1 atom stereocenters. The lowest BCUT2D eigenvalue weighted by Crippen LogP contribution is -2.43. The number of benzene rings is 1. The van der Waals surface area contributed by atoms with Gasteiger partial charge in [0.2, 0.25) is 11.9 Å². The number of hydrogen-bond donors (Lipinski definition) is 0. The molecule has 0 saturated carbocycles. The van der Waals surface area contributed by atoms with Crippen molar-refractivity contribution < 1.29 is 4.79 Å². The van der Waals surface area contributed by atoms with Crippen molar-refractivity contribution in [1.29, 1.82) is 0 Å². The van der Waals surface area contributed by atoms with Crippen LogP contribution in [-0.4, -0.2) is 58.2 Å². The second-order valence-electron chi connectivity index (χ2n) is 6.24. The average Bonchev–Trinajstić information content (AvgIpc) is 3.04. The number of aryl methyl sites for hydroxylation is 1. The molecular formula is C16H22N6O. The van der Waals surface area contributed by atoms with Gasteiger partial charge in [-0.15, -0.1) is 0 Å². The summed E-state index contributed by atoms with van der Waals surface area (Å²) in [6.07, 6.45) is 1.88. The summed E-state index contributed by atoms with van der Waals surface area (Å²) < 4.78 is 1.74. The van der Waals surface area contributed by atoms with E-state index in [1.807, 2.05) is 31.2 Å². The Hall–Kier alpha value is -2.44. The number of piperidine rings is 1. The second-order valence-corrected chi connectivity index (χ2v) is 6.24. The summed E-state index contributed by atoms with van der Waals surface area (Å²) in [5.74, 6) is 0.871. The predicted octanol–water partition coefficient (Wildman–Crippen LogP) is 1.28. The van der Waals surface area contributed by atoms with Crippen molar-refractivity contribution in [3.63, 3.8) is 0 Å². The zero-order valence-corrected chi connectivity index (χ0v) is 13.8. The Morgan fingerprint density at radius 2 is 2.00 bits per heavy atom. The number of rotatable bonds is 3. The van der Waals surface area contributed by atoms with E-state index in [4.69, 9.17) is 0 Å². The van der Waals surface area contributed by atoms with E-state index in [2.05, 4.69) is 20.4 Å². The molecule has 1 unspecified atom stereocenters. The molecule has 2 aromatic rings. The first-order valence-electron chi connectivity index (χ1n) is 7.88. The molecule has 122 valence electrons. The minimum absolute atomic E-state index is 0.00178.